The highest BCUT2D eigenvalue weighted by Gasteiger charge is 2.41. The van der Waals surface area contributed by atoms with Gasteiger partial charge in [-0.2, -0.15) is 0 Å². The zero-order chi connectivity index (χ0) is 22.5. The number of rotatable bonds is 4. The molecule has 170 valence electrons. The van der Waals surface area contributed by atoms with E-state index in [1.807, 2.05) is 38.2 Å². The molecule has 3 aromatic rings. The van der Waals surface area contributed by atoms with Crippen LogP contribution in [0.2, 0.25) is 0 Å². The first-order valence-electron chi connectivity index (χ1n) is 11.7. The highest BCUT2D eigenvalue weighted by atomic mass is 32.2. The number of benzene rings is 1. The van der Waals surface area contributed by atoms with Crippen LogP contribution in [0.4, 0.5) is 0 Å². The summed E-state index contributed by atoms with van der Waals surface area (Å²) in [5.74, 6) is 0.495. The van der Waals surface area contributed by atoms with E-state index in [4.69, 9.17) is 0 Å². The lowest BCUT2D eigenvalue weighted by molar-refractivity contribution is 0.214. The number of fused-ring (bicyclic) bond motifs is 2. The quantitative estimate of drug-likeness (QED) is 0.589. The second-order valence-corrected chi connectivity index (χ2v) is 9.99. The fourth-order valence-corrected chi connectivity index (χ4v) is 6.64. The molecule has 0 saturated carbocycles. The molecule has 32 heavy (non-hydrogen) atoms. The standard InChI is InChI=1S/C23H27N5OS.C2H6/c1-17(18-5-6-21-22(14-18)26-11-10-25-21)27-12-7-19-15-28(30(29)23(19)8-13-27)16-20-4-2-3-9-24-20;1-2/h2-6,9-11,14,17,19,23H,7-8,12-13,15-16H2,1H3;1-2H3. The summed E-state index contributed by atoms with van der Waals surface area (Å²) in [6.45, 7) is 9.86. The molecule has 0 bridgehead atoms. The highest BCUT2D eigenvalue weighted by Crippen LogP contribution is 2.35. The van der Waals surface area contributed by atoms with Crippen molar-refractivity contribution in [1.82, 2.24) is 24.2 Å². The number of likely N-dealkylation sites (tertiary alicyclic amines) is 1. The van der Waals surface area contributed by atoms with Crippen molar-refractivity contribution in [2.45, 2.75) is 51.4 Å². The van der Waals surface area contributed by atoms with Crippen LogP contribution in [0.25, 0.3) is 11.0 Å². The van der Waals surface area contributed by atoms with E-state index >= 15 is 0 Å². The van der Waals surface area contributed by atoms with Gasteiger partial charge in [0, 0.05) is 31.2 Å². The van der Waals surface area contributed by atoms with Crippen molar-refractivity contribution in [3.63, 3.8) is 0 Å². The molecule has 2 aliphatic heterocycles. The van der Waals surface area contributed by atoms with Gasteiger partial charge >= 0.3 is 0 Å². The summed E-state index contributed by atoms with van der Waals surface area (Å²) in [5.41, 5.74) is 4.15. The van der Waals surface area contributed by atoms with Crippen molar-refractivity contribution in [2.75, 3.05) is 19.6 Å². The molecule has 0 spiro atoms. The molecular weight excluding hydrogens is 418 g/mol. The maximum absolute atomic E-state index is 13.2. The summed E-state index contributed by atoms with van der Waals surface area (Å²) in [6.07, 6.45) is 7.36. The SMILES string of the molecule is CC.CC(c1ccc2nccnc2c1)N1CCC2CN(Cc3ccccn3)S(=O)C2CC1. The van der Waals surface area contributed by atoms with E-state index in [2.05, 4.69) is 49.3 Å². The van der Waals surface area contributed by atoms with Crippen LogP contribution in [-0.2, 0) is 17.5 Å². The van der Waals surface area contributed by atoms with Crippen molar-refractivity contribution in [2.24, 2.45) is 5.92 Å². The van der Waals surface area contributed by atoms with Gasteiger partial charge < -0.3 is 0 Å². The normalized spacial score (nSPS) is 24.9. The molecule has 4 atom stereocenters. The predicted octanol–water partition coefficient (Wildman–Crippen LogP) is 4.37. The lowest BCUT2D eigenvalue weighted by Crippen LogP contribution is -2.30. The molecule has 7 heteroatoms. The molecule has 2 aliphatic rings. The second-order valence-electron chi connectivity index (χ2n) is 8.31. The fourth-order valence-electron chi connectivity index (χ4n) is 4.80. The third kappa shape index (κ3) is 4.90. The molecule has 2 fully saturated rings. The Morgan fingerprint density at radius 3 is 2.56 bits per heavy atom. The van der Waals surface area contributed by atoms with Crippen LogP contribution in [0, 0.1) is 5.92 Å². The average molecular weight is 452 g/mol. The van der Waals surface area contributed by atoms with E-state index in [1.165, 1.54) is 5.56 Å². The van der Waals surface area contributed by atoms with E-state index in [0.717, 1.165) is 49.2 Å². The Labute approximate surface area is 193 Å². The van der Waals surface area contributed by atoms with Crippen molar-refractivity contribution in [3.8, 4) is 0 Å². The minimum Gasteiger partial charge on any atom is -0.297 e. The van der Waals surface area contributed by atoms with Gasteiger partial charge in [0.2, 0.25) is 0 Å². The van der Waals surface area contributed by atoms with Gasteiger partial charge in [-0.25, -0.2) is 8.51 Å². The van der Waals surface area contributed by atoms with Gasteiger partial charge in [-0.05, 0) is 68.6 Å². The largest absolute Gasteiger partial charge is 0.297 e. The predicted molar refractivity (Wildman–Crippen MR) is 130 cm³/mol. The van der Waals surface area contributed by atoms with Crippen LogP contribution in [0.15, 0.2) is 55.0 Å². The molecule has 4 unspecified atom stereocenters. The minimum absolute atomic E-state index is 0.258. The summed E-state index contributed by atoms with van der Waals surface area (Å²) >= 11 is 0. The van der Waals surface area contributed by atoms with E-state index in [1.54, 1.807) is 12.4 Å². The van der Waals surface area contributed by atoms with Gasteiger partial charge in [0.15, 0.2) is 0 Å². The van der Waals surface area contributed by atoms with Crippen molar-refractivity contribution in [3.05, 3.63) is 66.2 Å². The van der Waals surface area contributed by atoms with Gasteiger partial charge in [0.05, 0.1) is 39.5 Å². The van der Waals surface area contributed by atoms with Crippen LogP contribution >= 0.6 is 0 Å². The lowest BCUT2D eigenvalue weighted by atomic mass is 10.0. The van der Waals surface area contributed by atoms with E-state index in [9.17, 15) is 4.21 Å². The van der Waals surface area contributed by atoms with Crippen molar-refractivity contribution < 1.29 is 4.21 Å². The fraction of sp³-hybridized carbons (Fsp3) is 0.480. The topological polar surface area (TPSA) is 62.2 Å². The number of pyridine rings is 1. The molecule has 6 nitrogen and oxygen atoms in total. The maximum Gasteiger partial charge on any atom is 0.0981 e. The molecule has 1 aromatic carbocycles. The zero-order valence-electron chi connectivity index (χ0n) is 19.2. The number of hydrogen-bond donors (Lipinski definition) is 0. The first-order chi connectivity index (χ1) is 15.7. The molecule has 2 saturated heterocycles. The van der Waals surface area contributed by atoms with Gasteiger partial charge in [-0.3, -0.25) is 19.9 Å². The van der Waals surface area contributed by atoms with E-state index in [-0.39, 0.29) is 5.25 Å². The summed E-state index contributed by atoms with van der Waals surface area (Å²) in [5, 5.41) is 0.258. The minimum atomic E-state index is -0.932. The number of nitrogens with zero attached hydrogens (tertiary/aromatic N) is 5. The average Bonchev–Trinajstić information content (AvgIpc) is 3.00. The van der Waals surface area contributed by atoms with Gasteiger partial charge in [0.25, 0.3) is 0 Å². The van der Waals surface area contributed by atoms with Gasteiger partial charge in [-0.15, -0.1) is 0 Å². The molecule has 2 aromatic heterocycles. The first-order valence-corrected chi connectivity index (χ1v) is 12.9. The Bertz CT molecular complexity index is 1050. The Morgan fingerprint density at radius 2 is 1.78 bits per heavy atom. The Hall–Kier alpha value is -2.22. The van der Waals surface area contributed by atoms with Crippen LogP contribution < -0.4 is 0 Å². The second kappa shape index (κ2) is 10.6. The van der Waals surface area contributed by atoms with E-state index < -0.39 is 11.0 Å². The van der Waals surface area contributed by atoms with Crippen LogP contribution in [0.3, 0.4) is 0 Å². The summed E-state index contributed by atoms with van der Waals surface area (Å²) in [6, 6.07) is 12.6. The Balaban J connectivity index is 0.00000119. The summed E-state index contributed by atoms with van der Waals surface area (Å²) in [7, 11) is -0.932. The lowest BCUT2D eigenvalue weighted by Gasteiger charge is -2.28. The third-order valence-corrected chi connectivity index (χ3v) is 8.48. The molecule has 0 N–H and O–H groups in total. The molecule has 0 radical (unpaired) electrons. The number of aromatic nitrogens is 3. The van der Waals surface area contributed by atoms with Crippen LogP contribution in [0.5, 0.6) is 0 Å². The molecule has 5 rings (SSSR count). The molecule has 0 amide bonds. The smallest absolute Gasteiger partial charge is 0.0981 e. The maximum atomic E-state index is 13.2. The Morgan fingerprint density at radius 1 is 1.00 bits per heavy atom. The van der Waals surface area contributed by atoms with E-state index in [0.29, 0.717) is 18.5 Å². The zero-order valence-corrected chi connectivity index (χ0v) is 20.0. The molecule has 4 heterocycles. The highest BCUT2D eigenvalue weighted by molar-refractivity contribution is 7.83. The summed E-state index contributed by atoms with van der Waals surface area (Å²) in [4.78, 5) is 15.8. The van der Waals surface area contributed by atoms with Gasteiger partial charge in [-0.1, -0.05) is 26.0 Å². The summed E-state index contributed by atoms with van der Waals surface area (Å²) < 4.78 is 15.3. The van der Waals surface area contributed by atoms with Crippen LogP contribution in [-0.4, -0.2) is 53.3 Å². The number of hydrogen-bond acceptors (Lipinski definition) is 5. The van der Waals surface area contributed by atoms with Crippen LogP contribution in [0.1, 0.15) is 50.9 Å². The van der Waals surface area contributed by atoms with Gasteiger partial charge in [0.1, 0.15) is 0 Å². The molecular formula is C25H33N5OS. The first kappa shape index (κ1) is 23.0. The third-order valence-electron chi connectivity index (χ3n) is 6.55. The van der Waals surface area contributed by atoms with Crippen molar-refractivity contribution in [1.29, 1.82) is 0 Å². The van der Waals surface area contributed by atoms with Crippen molar-refractivity contribution >= 4 is 22.0 Å². The monoisotopic (exact) mass is 451 g/mol. The Kier molecular flexibility index (Phi) is 7.60. The molecule has 0 aliphatic carbocycles.